The Bertz CT molecular complexity index is 205. The summed E-state index contributed by atoms with van der Waals surface area (Å²) < 4.78 is 5.02. The van der Waals surface area contributed by atoms with Crippen molar-refractivity contribution in [1.82, 2.24) is 0 Å². The molecule has 0 aromatic heterocycles. The molecule has 19 heavy (non-hydrogen) atoms. The smallest absolute Gasteiger partial charge is 0.306 e. The first-order valence-corrected chi connectivity index (χ1v) is 8.92. The third kappa shape index (κ3) is 15.9. The Labute approximate surface area is 127 Å². The van der Waals surface area contributed by atoms with E-state index in [9.17, 15) is 4.79 Å². The lowest BCUT2D eigenvalue weighted by Gasteiger charge is -2.06. The number of hydrogen-bond acceptors (Lipinski definition) is 2. The second kappa shape index (κ2) is 14.4. The molecule has 1 atom stereocenters. The number of carbonyl (C=O) groups is 1. The van der Waals surface area contributed by atoms with Gasteiger partial charge in [0.15, 0.2) is 5.01 Å². The SMILES string of the molecule is CCCCCCCCCCCCCC(=O)OC(C)Br. The fourth-order valence-corrected chi connectivity index (χ4v) is 2.38. The normalized spacial score (nSPS) is 12.4. The Morgan fingerprint density at radius 3 is 1.74 bits per heavy atom. The second-order valence-electron chi connectivity index (χ2n) is 5.32. The minimum absolute atomic E-state index is 0.0831. The van der Waals surface area contributed by atoms with Crippen LogP contribution in [0, 0.1) is 0 Å². The van der Waals surface area contributed by atoms with E-state index in [1.54, 1.807) is 0 Å². The van der Waals surface area contributed by atoms with E-state index in [4.69, 9.17) is 4.74 Å². The average molecular weight is 335 g/mol. The minimum atomic E-state index is -0.160. The Hall–Kier alpha value is -0.0500. The Balaban J connectivity index is 3.08. The molecule has 0 saturated heterocycles. The fraction of sp³-hybridized carbons (Fsp3) is 0.938. The molecule has 0 fully saturated rings. The lowest BCUT2D eigenvalue weighted by atomic mass is 10.1. The molecule has 0 saturated carbocycles. The summed E-state index contributed by atoms with van der Waals surface area (Å²) in [6.45, 7) is 4.08. The molecular formula is C16H31BrO2. The van der Waals surface area contributed by atoms with Gasteiger partial charge in [0, 0.05) is 6.42 Å². The van der Waals surface area contributed by atoms with Gasteiger partial charge in [-0.2, -0.15) is 0 Å². The quantitative estimate of drug-likeness (QED) is 0.235. The number of esters is 1. The van der Waals surface area contributed by atoms with Crippen LogP contribution >= 0.6 is 15.9 Å². The van der Waals surface area contributed by atoms with Gasteiger partial charge >= 0.3 is 5.97 Å². The van der Waals surface area contributed by atoms with Gasteiger partial charge in [0.25, 0.3) is 0 Å². The van der Waals surface area contributed by atoms with E-state index in [1.807, 2.05) is 6.92 Å². The Morgan fingerprint density at radius 1 is 0.895 bits per heavy atom. The Morgan fingerprint density at radius 2 is 1.32 bits per heavy atom. The van der Waals surface area contributed by atoms with Gasteiger partial charge in [-0.25, -0.2) is 0 Å². The van der Waals surface area contributed by atoms with Gasteiger partial charge in [0.2, 0.25) is 0 Å². The zero-order chi connectivity index (χ0) is 14.3. The molecule has 0 N–H and O–H groups in total. The number of hydrogen-bond donors (Lipinski definition) is 0. The van der Waals surface area contributed by atoms with Gasteiger partial charge in [-0.1, -0.05) is 71.1 Å². The number of carbonyl (C=O) groups excluding carboxylic acids is 1. The minimum Gasteiger partial charge on any atom is -0.451 e. The first kappa shape index (κ1) is 18.9. The van der Waals surface area contributed by atoms with Gasteiger partial charge in [-0.15, -0.1) is 0 Å². The first-order valence-electron chi connectivity index (χ1n) is 8.00. The van der Waals surface area contributed by atoms with E-state index < -0.39 is 0 Å². The van der Waals surface area contributed by atoms with Crippen LogP contribution in [-0.4, -0.2) is 11.0 Å². The molecule has 0 aliphatic heterocycles. The van der Waals surface area contributed by atoms with Crippen LogP contribution < -0.4 is 0 Å². The molecule has 3 heteroatoms. The molecule has 0 heterocycles. The second-order valence-corrected chi connectivity index (χ2v) is 6.61. The van der Waals surface area contributed by atoms with E-state index in [2.05, 4.69) is 22.9 Å². The van der Waals surface area contributed by atoms with E-state index >= 15 is 0 Å². The molecule has 0 rings (SSSR count). The van der Waals surface area contributed by atoms with Crippen molar-refractivity contribution in [3.63, 3.8) is 0 Å². The molecule has 0 aliphatic rings. The maximum atomic E-state index is 11.3. The Kier molecular flexibility index (Phi) is 14.3. The molecule has 114 valence electrons. The van der Waals surface area contributed by atoms with Crippen molar-refractivity contribution < 1.29 is 9.53 Å². The predicted octanol–water partition coefficient (Wildman–Crippen LogP) is 5.97. The van der Waals surface area contributed by atoms with E-state index in [0.29, 0.717) is 6.42 Å². The first-order chi connectivity index (χ1) is 9.16. The third-order valence-electron chi connectivity index (χ3n) is 3.28. The standard InChI is InChI=1S/C16H31BrO2/c1-3-4-5-6-7-8-9-10-11-12-13-14-16(18)19-15(2)17/h15H,3-14H2,1-2H3. The number of halogens is 1. The van der Waals surface area contributed by atoms with Crippen LogP contribution in [0.4, 0.5) is 0 Å². The fourth-order valence-electron chi connectivity index (χ4n) is 2.17. The van der Waals surface area contributed by atoms with Crippen molar-refractivity contribution in [2.45, 2.75) is 95.9 Å². The number of alkyl halides is 1. The van der Waals surface area contributed by atoms with Crippen molar-refractivity contribution in [2.24, 2.45) is 0 Å². The van der Waals surface area contributed by atoms with Crippen LogP contribution in [0.15, 0.2) is 0 Å². The predicted molar refractivity (Wildman–Crippen MR) is 85.6 cm³/mol. The largest absolute Gasteiger partial charge is 0.451 e. The van der Waals surface area contributed by atoms with Crippen LogP contribution in [0.2, 0.25) is 0 Å². The summed E-state index contributed by atoms with van der Waals surface area (Å²) in [5.74, 6) is -0.0831. The molecule has 0 aliphatic carbocycles. The highest BCUT2D eigenvalue weighted by atomic mass is 79.9. The topological polar surface area (TPSA) is 26.3 Å². The van der Waals surface area contributed by atoms with Crippen LogP contribution in [0.5, 0.6) is 0 Å². The summed E-state index contributed by atoms with van der Waals surface area (Å²) in [6, 6.07) is 0. The van der Waals surface area contributed by atoms with Gasteiger partial charge in [0.05, 0.1) is 0 Å². The lowest BCUT2D eigenvalue weighted by Crippen LogP contribution is -2.08. The van der Waals surface area contributed by atoms with Gasteiger partial charge < -0.3 is 4.74 Å². The highest BCUT2D eigenvalue weighted by Gasteiger charge is 2.05. The molecule has 0 aromatic carbocycles. The van der Waals surface area contributed by atoms with Crippen molar-refractivity contribution in [2.75, 3.05) is 0 Å². The summed E-state index contributed by atoms with van der Waals surface area (Å²) in [5, 5.41) is -0.160. The van der Waals surface area contributed by atoms with Gasteiger partial charge in [0.1, 0.15) is 0 Å². The van der Waals surface area contributed by atoms with Gasteiger partial charge in [-0.05, 0) is 29.3 Å². The molecule has 0 radical (unpaired) electrons. The van der Waals surface area contributed by atoms with Crippen LogP contribution in [0.3, 0.4) is 0 Å². The molecule has 0 spiro atoms. The summed E-state index contributed by atoms with van der Waals surface area (Å²) >= 11 is 3.21. The maximum Gasteiger partial charge on any atom is 0.306 e. The van der Waals surface area contributed by atoms with E-state index in [0.717, 1.165) is 12.8 Å². The van der Waals surface area contributed by atoms with Crippen LogP contribution in [-0.2, 0) is 9.53 Å². The molecule has 2 nitrogen and oxygen atoms in total. The van der Waals surface area contributed by atoms with Crippen molar-refractivity contribution in [1.29, 1.82) is 0 Å². The molecular weight excluding hydrogens is 304 g/mol. The average Bonchev–Trinajstić information content (AvgIpc) is 2.35. The summed E-state index contributed by atoms with van der Waals surface area (Å²) in [7, 11) is 0. The van der Waals surface area contributed by atoms with Gasteiger partial charge in [-0.3, -0.25) is 4.79 Å². The van der Waals surface area contributed by atoms with E-state index in [-0.39, 0.29) is 11.0 Å². The van der Waals surface area contributed by atoms with Crippen molar-refractivity contribution >= 4 is 21.9 Å². The van der Waals surface area contributed by atoms with Crippen LogP contribution in [0.1, 0.15) is 90.9 Å². The molecule has 1 unspecified atom stereocenters. The molecule has 0 aromatic rings. The highest BCUT2D eigenvalue weighted by molar-refractivity contribution is 9.09. The molecule has 0 amide bonds. The number of rotatable bonds is 13. The number of unbranched alkanes of at least 4 members (excludes halogenated alkanes) is 10. The third-order valence-corrected chi connectivity index (χ3v) is 3.47. The molecule has 0 bridgehead atoms. The monoisotopic (exact) mass is 334 g/mol. The summed E-state index contributed by atoms with van der Waals surface area (Å²) in [4.78, 5) is 11.3. The number of ether oxygens (including phenoxy) is 1. The summed E-state index contributed by atoms with van der Waals surface area (Å²) in [6.07, 6.45) is 14.9. The van der Waals surface area contributed by atoms with Crippen LogP contribution in [0.25, 0.3) is 0 Å². The van der Waals surface area contributed by atoms with E-state index in [1.165, 1.54) is 57.8 Å². The van der Waals surface area contributed by atoms with Crippen molar-refractivity contribution in [3.8, 4) is 0 Å². The zero-order valence-electron chi connectivity index (χ0n) is 12.8. The van der Waals surface area contributed by atoms with Crippen molar-refractivity contribution in [3.05, 3.63) is 0 Å². The highest BCUT2D eigenvalue weighted by Crippen LogP contribution is 2.12. The maximum absolute atomic E-state index is 11.3. The lowest BCUT2D eigenvalue weighted by molar-refractivity contribution is -0.144. The zero-order valence-corrected chi connectivity index (χ0v) is 14.3. The summed E-state index contributed by atoms with van der Waals surface area (Å²) in [5.41, 5.74) is 0.